The zero-order valence-corrected chi connectivity index (χ0v) is 21.5. The second-order valence-electron chi connectivity index (χ2n) is 9.25. The van der Waals surface area contributed by atoms with Crippen molar-refractivity contribution in [1.82, 2.24) is 24.2 Å². The molecule has 1 fully saturated rings. The number of hydrogen-bond acceptors (Lipinski definition) is 7. The van der Waals surface area contributed by atoms with Crippen molar-refractivity contribution in [1.29, 1.82) is 0 Å². The summed E-state index contributed by atoms with van der Waals surface area (Å²) in [6.45, 7) is 2.04. The van der Waals surface area contributed by atoms with Crippen molar-refractivity contribution in [2.45, 2.75) is 44.8 Å². The van der Waals surface area contributed by atoms with Crippen molar-refractivity contribution in [3.8, 4) is 0 Å². The quantitative estimate of drug-likeness (QED) is 0.255. The van der Waals surface area contributed by atoms with E-state index >= 15 is 0 Å². The maximum Gasteiger partial charge on any atom is 0.306 e. The number of carbonyl (C=O) groups excluding carboxylic acids is 1. The van der Waals surface area contributed by atoms with Crippen LogP contribution in [0.25, 0.3) is 0 Å². The highest BCUT2D eigenvalue weighted by molar-refractivity contribution is 7.89. The van der Waals surface area contributed by atoms with Gasteiger partial charge in [-0.25, -0.2) is 13.1 Å². The molecule has 1 aromatic heterocycles. The first kappa shape index (κ1) is 25.8. The molecule has 0 N–H and O–H groups in total. The number of likely N-dealkylation sites (N-methyl/N-ethyl adjacent to an activating group) is 1. The van der Waals surface area contributed by atoms with Gasteiger partial charge in [-0.3, -0.25) is 4.79 Å². The Hall–Kier alpha value is -2.27. The Labute approximate surface area is 211 Å². The van der Waals surface area contributed by atoms with Crippen molar-refractivity contribution >= 4 is 27.6 Å². The highest BCUT2D eigenvalue weighted by Gasteiger charge is 2.38. The molecule has 0 amide bonds. The molecular formula is C24H32ClN5O4S. The van der Waals surface area contributed by atoms with Gasteiger partial charge in [0.25, 0.3) is 0 Å². The lowest BCUT2D eigenvalue weighted by atomic mass is 10.1. The molecule has 2 aromatic rings. The first-order chi connectivity index (χ1) is 16.8. The summed E-state index contributed by atoms with van der Waals surface area (Å²) >= 11 is 6.22. The number of nitrogens with zero attached hydrogens (tertiary/aromatic N) is 5. The first-order valence-electron chi connectivity index (χ1n) is 11.9. The number of aromatic nitrogens is 3. The maximum absolute atomic E-state index is 12.8. The Bertz CT molecular complexity index is 1150. The van der Waals surface area contributed by atoms with E-state index in [1.165, 1.54) is 4.31 Å². The van der Waals surface area contributed by atoms with Gasteiger partial charge in [0.2, 0.25) is 10.0 Å². The number of esters is 1. The van der Waals surface area contributed by atoms with Gasteiger partial charge in [-0.2, -0.15) is 4.31 Å². The molecule has 0 spiro atoms. The van der Waals surface area contributed by atoms with E-state index in [9.17, 15) is 13.2 Å². The van der Waals surface area contributed by atoms with E-state index in [0.29, 0.717) is 55.7 Å². The van der Waals surface area contributed by atoms with Crippen LogP contribution in [0.5, 0.6) is 0 Å². The molecule has 190 valence electrons. The molecule has 0 bridgehead atoms. The molecule has 35 heavy (non-hydrogen) atoms. The molecule has 9 nitrogen and oxygen atoms in total. The summed E-state index contributed by atoms with van der Waals surface area (Å²) in [4.78, 5) is 14.0. The molecule has 0 saturated carbocycles. The van der Waals surface area contributed by atoms with Crippen molar-refractivity contribution < 1.29 is 17.9 Å². The number of sulfonamides is 1. The van der Waals surface area contributed by atoms with E-state index in [1.54, 1.807) is 10.9 Å². The minimum absolute atomic E-state index is 0.0606. The lowest BCUT2D eigenvalue weighted by Crippen LogP contribution is -2.37. The number of ether oxygens (including phenoxy) is 1. The predicted molar refractivity (Wildman–Crippen MR) is 133 cm³/mol. The largest absolute Gasteiger partial charge is 0.466 e. The number of hydrogen-bond donors (Lipinski definition) is 0. The number of rotatable bonds is 11. The van der Waals surface area contributed by atoms with Crippen molar-refractivity contribution in [3.05, 3.63) is 58.9 Å². The molecule has 1 aliphatic carbocycles. The van der Waals surface area contributed by atoms with Crippen LogP contribution in [0.2, 0.25) is 5.02 Å². The summed E-state index contributed by atoms with van der Waals surface area (Å²) < 4.78 is 34.0. The smallest absolute Gasteiger partial charge is 0.306 e. The van der Waals surface area contributed by atoms with Crippen LogP contribution in [0.1, 0.15) is 36.9 Å². The minimum atomic E-state index is -3.39. The van der Waals surface area contributed by atoms with Gasteiger partial charge in [-0.1, -0.05) is 47.2 Å². The van der Waals surface area contributed by atoms with Crippen LogP contribution in [0, 0.1) is 5.92 Å². The van der Waals surface area contributed by atoms with Gasteiger partial charge in [0.05, 0.1) is 43.8 Å². The number of benzene rings is 1. The average Bonchev–Trinajstić information content (AvgIpc) is 3.55. The molecule has 1 aliphatic heterocycles. The van der Waals surface area contributed by atoms with E-state index in [-0.39, 0.29) is 24.3 Å². The molecule has 2 unspecified atom stereocenters. The van der Waals surface area contributed by atoms with Crippen LogP contribution < -0.4 is 0 Å². The summed E-state index contributed by atoms with van der Waals surface area (Å²) in [6, 6.07) is 7.39. The van der Waals surface area contributed by atoms with Gasteiger partial charge in [-0.05, 0) is 43.9 Å². The average molecular weight is 522 g/mol. The van der Waals surface area contributed by atoms with Crippen molar-refractivity contribution in [3.63, 3.8) is 0 Å². The van der Waals surface area contributed by atoms with E-state index in [4.69, 9.17) is 16.3 Å². The maximum atomic E-state index is 12.8. The second kappa shape index (κ2) is 11.6. The molecule has 2 aliphatic rings. The Morgan fingerprint density at radius 3 is 2.89 bits per heavy atom. The summed E-state index contributed by atoms with van der Waals surface area (Å²) in [6.07, 6.45) is 9.09. The fourth-order valence-electron chi connectivity index (χ4n) is 4.47. The van der Waals surface area contributed by atoms with E-state index in [1.807, 2.05) is 36.2 Å². The standard InChI is InChI=1S/C24H32ClN5O4S/c1-28(11-6-12-34-24(31)13-19-7-2-3-8-19)22-17-30(35(32,33)18-22)16-21-15-29(27-26-21)14-20-9-4-5-10-23(20)25/h2,4-5,7,9-10,15,19,22H,3,6,8,11-14,16-18H2,1H3. The number of halogens is 1. The Morgan fingerprint density at radius 1 is 1.29 bits per heavy atom. The molecule has 1 aromatic carbocycles. The lowest BCUT2D eigenvalue weighted by Gasteiger charge is -2.23. The number of carbonyl (C=O) groups is 1. The van der Waals surface area contributed by atoms with Crippen LogP contribution in [-0.4, -0.2) is 77.1 Å². The first-order valence-corrected chi connectivity index (χ1v) is 13.9. The zero-order chi connectivity index (χ0) is 24.8. The summed E-state index contributed by atoms with van der Waals surface area (Å²) in [7, 11) is -1.48. The Balaban J connectivity index is 1.22. The van der Waals surface area contributed by atoms with E-state index in [0.717, 1.165) is 18.4 Å². The molecule has 4 rings (SSSR count). The van der Waals surface area contributed by atoms with Gasteiger partial charge in [-0.15, -0.1) is 5.10 Å². The molecule has 2 heterocycles. The van der Waals surface area contributed by atoms with Crippen LogP contribution >= 0.6 is 11.6 Å². The van der Waals surface area contributed by atoms with Gasteiger partial charge < -0.3 is 9.64 Å². The Kier molecular flexibility index (Phi) is 8.59. The van der Waals surface area contributed by atoms with Crippen LogP contribution in [0.3, 0.4) is 0 Å². The summed E-state index contributed by atoms with van der Waals surface area (Å²) in [5.74, 6) is 0.199. The van der Waals surface area contributed by atoms with Gasteiger partial charge >= 0.3 is 5.97 Å². The third-order valence-electron chi connectivity index (χ3n) is 6.51. The molecule has 11 heteroatoms. The fourth-order valence-corrected chi connectivity index (χ4v) is 6.45. The molecular weight excluding hydrogens is 490 g/mol. The highest BCUT2D eigenvalue weighted by atomic mass is 35.5. The van der Waals surface area contributed by atoms with E-state index < -0.39 is 10.0 Å². The third kappa shape index (κ3) is 7.13. The van der Waals surface area contributed by atoms with Crippen LogP contribution in [0.4, 0.5) is 0 Å². The molecule has 0 radical (unpaired) electrons. The SMILES string of the molecule is CN(CCCOC(=O)CC1C=CCC1)C1CN(Cc2cn(Cc3ccccc3Cl)nn2)S(=O)(=O)C1. The molecule has 1 saturated heterocycles. The summed E-state index contributed by atoms with van der Waals surface area (Å²) in [5, 5.41) is 8.93. The minimum Gasteiger partial charge on any atom is -0.466 e. The monoisotopic (exact) mass is 521 g/mol. The third-order valence-corrected chi connectivity index (χ3v) is 8.75. The van der Waals surface area contributed by atoms with Gasteiger partial charge in [0, 0.05) is 24.2 Å². The van der Waals surface area contributed by atoms with E-state index in [2.05, 4.69) is 22.5 Å². The van der Waals surface area contributed by atoms with Gasteiger partial charge in [0.1, 0.15) is 0 Å². The van der Waals surface area contributed by atoms with Gasteiger partial charge in [0.15, 0.2) is 0 Å². The topological polar surface area (TPSA) is 97.6 Å². The number of allylic oxidation sites excluding steroid dienone is 2. The highest BCUT2D eigenvalue weighted by Crippen LogP contribution is 2.22. The predicted octanol–water partition coefficient (Wildman–Crippen LogP) is 2.72. The molecule has 2 atom stereocenters. The zero-order valence-electron chi connectivity index (χ0n) is 19.9. The second-order valence-corrected chi connectivity index (χ2v) is 11.7. The normalized spacial score (nSPS) is 21.7. The fraction of sp³-hybridized carbons (Fsp3) is 0.542. The lowest BCUT2D eigenvalue weighted by molar-refractivity contribution is -0.144. The Morgan fingerprint density at radius 2 is 2.11 bits per heavy atom. The van der Waals surface area contributed by atoms with Crippen molar-refractivity contribution in [2.75, 3.05) is 32.5 Å². The van der Waals surface area contributed by atoms with Crippen LogP contribution in [-0.2, 0) is 32.6 Å². The van der Waals surface area contributed by atoms with Crippen LogP contribution in [0.15, 0.2) is 42.6 Å². The van der Waals surface area contributed by atoms with Crippen molar-refractivity contribution in [2.24, 2.45) is 5.92 Å². The summed E-state index contributed by atoms with van der Waals surface area (Å²) in [5.41, 5.74) is 1.51.